The third-order valence-corrected chi connectivity index (χ3v) is 3.73. The van der Waals surface area contributed by atoms with Crippen LogP contribution >= 0.6 is 0 Å². The molecule has 1 aliphatic heterocycles. The number of hydrogen-bond donors (Lipinski definition) is 1. The van der Waals surface area contributed by atoms with Gasteiger partial charge < -0.3 is 10.6 Å². The SMILES string of the molecule is NC(=O)C1CCCN(CCC(=O)c2ccc(F)cc2)C1. The summed E-state index contributed by atoms with van der Waals surface area (Å²) in [5.41, 5.74) is 5.85. The second-order valence-electron chi connectivity index (χ2n) is 5.22. The van der Waals surface area contributed by atoms with Crippen LogP contribution in [0.15, 0.2) is 24.3 Å². The fourth-order valence-corrected chi connectivity index (χ4v) is 2.53. The molecular weight excluding hydrogens is 259 g/mol. The maximum absolute atomic E-state index is 12.8. The molecule has 0 saturated carbocycles. The van der Waals surface area contributed by atoms with Crippen LogP contribution in [-0.2, 0) is 4.79 Å². The zero-order valence-electron chi connectivity index (χ0n) is 11.3. The van der Waals surface area contributed by atoms with Gasteiger partial charge in [0.25, 0.3) is 0 Å². The number of ketones is 1. The maximum Gasteiger partial charge on any atom is 0.221 e. The van der Waals surface area contributed by atoms with Gasteiger partial charge >= 0.3 is 0 Å². The lowest BCUT2D eigenvalue weighted by atomic mass is 9.97. The van der Waals surface area contributed by atoms with Crippen LogP contribution in [0.25, 0.3) is 0 Å². The van der Waals surface area contributed by atoms with Crippen molar-refractivity contribution in [2.75, 3.05) is 19.6 Å². The highest BCUT2D eigenvalue weighted by Gasteiger charge is 2.24. The van der Waals surface area contributed by atoms with Crippen molar-refractivity contribution in [2.45, 2.75) is 19.3 Å². The predicted octanol–water partition coefficient (Wildman–Crippen LogP) is 1.60. The molecule has 4 nitrogen and oxygen atoms in total. The fourth-order valence-electron chi connectivity index (χ4n) is 2.53. The van der Waals surface area contributed by atoms with E-state index in [-0.39, 0.29) is 23.4 Å². The Bertz CT molecular complexity index is 487. The van der Waals surface area contributed by atoms with Crippen LogP contribution in [0.4, 0.5) is 4.39 Å². The molecule has 1 saturated heterocycles. The molecular formula is C15H19FN2O2. The molecule has 1 aromatic carbocycles. The number of likely N-dealkylation sites (tertiary alicyclic amines) is 1. The molecule has 1 atom stereocenters. The lowest BCUT2D eigenvalue weighted by molar-refractivity contribution is -0.123. The minimum atomic E-state index is -0.345. The molecule has 1 aliphatic rings. The standard InChI is InChI=1S/C15H19FN2O2/c16-13-5-3-11(4-6-13)14(19)7-9-18-8-1-2-12(10-18)15(17)20/h3-6,12H,1-2,7-10H2,(H2,17,20). The Morgan fingerprint density at radius 1 is 1.30 bits per heavy atom. The van der Waals surface area contributed by atoms with Crippen LogP contribution in [0.2, 0.25) is 0 Å². The van der Waals surface area contributed by atoms with Crippen molar-refractivity contribution < 1.29 is 14.0 Å². The summed E-state index contributed by atoms with van der Waals surface area (Å²) in [6.45, 7) is 2.13. The second-order valence-corrected chi connectivity index (χ2v) is 5.22. The summed E-state index contributed by atoms with van der Waals surface area (Å²) in [5.74, 6) is -0.725. The van der Waals surface area contributed by atoms with Gasteiger partial charge in [0.05, 0.1) is 5.92 Å². The highest BCUT2D eigenvalue weighted by Crippen LogP contribution is 2.16. The first kappa shape index (κ1) is 14.7. The van der Waals surface area contributed by atoms with Crippen molar-refractivity contribution >= 4 is 11.7 Å². The highest BCUT2D eigenvalue weighted by molar-refractivity contribution is 5.96. The van der Waals surface area contributed by atoms with Crippen LogP contribution in [0.5, 0.6) is 0 Å². The summed E-state index contributed by atoms with van der Waals surface area (Å²) in [6, 6.07) is 5.58. The number of halogens is 1. The van der Waals surface area contributed by atoms with Crippen molar-refractivity contribution in [3.8, 4) is 0 Å². The smallest absolute Gasteiger partial charge is 0.221 e. The Hall–Kier alpha value is -1.75. The number of nitrogens with zero attached hydrogens (tertiary/aromatic N) is 1. The normalized spacial score (nSPS) is 19.8. The summed E-state index contributed by atoms with van der Waals surface area (Å²) in [4.78, 5) is 25.3. The van der Waals surface area contributed by atoms with Gasteiger partial charge in [-0.2, -0.15) is 0 Å². The van der Waals surface area contributed by atoms with Crippen molar-refractivity contribution in [3.63, 3.8) is 0 Å². The molecule has 108 valence electrons. The van der Waals surface area contributed by atoms with Crippen LogP contribution in [-0.4, -0.2) is 36.2 Å². The highest BCUT2D eigenvalue weighted by atomic mass is 19.1. The summed E-state index contributed by atoms with van der Waals surface area (Å²) in [5, 5.41) is 0. The summed E-state index contributed by atoms with van der Waals surface area (Å²) < 4.78 is 12.8. The lowest BCUT2D eigenvalue weighted by Crippen LogP contribution is -2.41. The topological polar surface area (TPSA) is 63.4 Å². The molecule has 1 unspecified atom stereocenters. The fraction of sp³-hybridized carbons (Fsp3) is 0.467. The van der Waals surface area contributed by atoms with Crippen molar-refractivity contribution in [1.82, 2.24) is 4.90 Å². The van der Waals surface area contributed by atoms with Gasteiger partial charge in [-0.1, -0.05) is 0 Å². The first-order chi connectivity index (χ1) is 9.56. The van der Waals surface area contributed by atoms with E-state index in [1.54, 1.807) is 0 Å². The van der Waals surface area contributed by atoms with E-state index in [4.69, 9.17) is 5.73 Å². The maximum atomic E-state index is 12.8. The third-order valence-electron chi connectivity index (χ3n) is 3.73. The van der Waals surface area contributed by atoms with Gasteiger partial charge in [-0.25, -0.2) is 4.39 Å². The van der Waals surface area contributed by atoms with E-state index in [0.29, 0.717) is 25.1 Å². The molecule has 0 bridgehead atoms. The largest absolute Gasteiger partial charge is 0.369 e. The number of carbonyl (C=O) groups is 2. The molecule has 1 heterocycles. The predicted molar refractivity (Wildman–Crippen MR) is 73.7 cm³/mol. The van der Waals surface area contributed by atoms with E-state index in [1.807, 2.05) is 0 Å². The van der Waals surface area contributed by atoms with E-state index < -0.39 is 0 Å². The Balaban J connectivity index is 1.84. The molecule has 0 radical (unpaired) electrons. The number of carbonyl (C=O) groups excluding carboxylic acids is 2. The van der Waals surface area contributed by atoms with Crippen LogP contribution < -0.4 is 5.73 Å². The zero-order valence-corrected chi connectivity index (χ0v) is 11.3. The molecule has 20 heavy (non-hydrogen) atoms. The average Bonchev–Trinajstić information content (AvgIpc) is 2.46. The van der Waals surface area contributed by atoms with Gasteiger partial charge in [-0.3, -0.25) is 9.59 Å². The Morgan fingerprint density at radius 3 is 2.65 bits per heavy atom. The molecule has 1 fully saturated rings. The Morgan fingerprint density at radius 2 is 2.00 bits per heavy atom. The van der Waals surface area contributed by atoms with Crippen LogP contribution in [0, 0.1) is 11.7 Å². The molecule has 0 aromatic heterocycles. The van der Waals surface area contributed by atoms with Crippen molar-refractivity contribution in [3.05, 3.63) is 35.6 Å². The first-order valence-corrected chi connectivity index (χ1v) is 6.86. The quantitative estimate of drug-likeness (QED) is 0.832. The number of hydrogen-bond acceptors (Lipinski definition) is 3. The number of primary amides is 1. The molecule has 5 heteroatoms. The number of benzene rings is 1. The number of Topliss-reactive ketones (excluding diaryl/α,β-unsaturated/α-hetero) is 1. The summed E-state index contributed by atoms with van der Waals surface area (Å²) >= 11 is 0. The number of piperidine rings is 1. The van der Waals surface area contributed by atoms with E-state index in [1.165, 1.54) is 24.3 Å². The summed E-state index contributed by atoms with van der Waals surface area (Å²) in [6.07, 6.45) is 2.13. The average molecular weight is 278 g/mol. The van der Waals surface area contributed by atoms with Gasteiger partial charge in [0, 0.05) is 25.1 Å². The Kier molecular flexibility index (Phi) is 4.84. The van der Waals surface area contributed by atoms with Crippen LogP contribution in [0.3, 0.4) is 0 Å². The molecule has 1 amide bonds. The number of rotatable bonds is 5. The van der Waals surface area contributed by atoms with E-state index in [2.05, 4.69) is 4.90 Å². The second kappa shape index (κ2) is 6.61. The molecule has 2 rings (SSSR count). The Labute approximate surface area is 117 Å². The van der Waals surface area contributed by atoms with Gasteiger partial charge in [-0.15, -0.1) is 0 Å². The number of amides is 1. The summed E-state index contributed by atoms with van der Waals surface area (Å²) in [7, 11) is 0. The zero-order chi connectivity index (χ0) is 14.5. The molecule has 0 spiro atoms. The van der Waals surface area contributed by atoms with Gasteiger partial charge in [0.15, 0.2) is 5.78 Å². The van der Waals surface area contributed by atoms with Crippen molar-refractivity contribution in [1.29, 1.82) is 0 Å². The van der Waals surface area contributed by atoms with Gasteiger partial charge in [0.1, 0.15) is 5.82 Å². The lowest BCUT2D eigenvalue weighted by Gasteiger charge is -2.30. The van der Waals surface area contributed by atoms with Crippen LogP contribution in [0.1, 0.15) is 29.6 Å². The monoisotopic (exact) mass is 278 g/mol. The number of nitrogens with two attached hydrogens (primary N) is 1. The molecule has 0 aliphatic carbocycles. The van der Waals surface area contributed by atoms with Gasteiger partial charge in [0.2, 0.25) is 5.91 Å². The van der Waals surface area contributed by atoms with Gasteiger partial charge in [-0.05, 0) is 43.7 Å². The molecule has 2 N–H and O–H groups in total. The van der Waals surface area contributed by atoms with E-state index in [9.17, 15) is 14.0 Å². The van der Waals surface area contributed by atoms with E-state index >= 15 is 0 Å². The first-order valence-electron chi connectivity index (χ1n) is 6.86. The third kappa shape index (κ3) is 3.87. The van der Waals surface area contributed by atoms with Crippen molar-refractivity contribution in [2.24, 2.45) is 11.7 Å². The van der Waals surface area contributed by atoms with E-state index in [0.717, 1.165) is 19.4 Å². The minimum absolute atomic E-state index is 0.00815. The minimum Gasteiger partial charge on any atom is -0.369 e. The molecule has 1 aromatic rings.